The third-order valence-electron chi connectivity index (χ3n) is 3.90. The van der Waals surface area contributed by atoms with Crippen LogP contribution >= 0.6 is 0 Å². The maximum absolute atomic E-state index is 6.32. The van der Waals surface area contributed by atoms with Gasteiger partial charge in [0.1, 0.15) is 17.2 Å². The summed E-state index contributed by atoms with van der Waals surface area (Å²) < 4.78 is 1.99. The Labute approximate surface area is 122 Å². The van der Waals surface area contributed by atoms with E-state index in [4.69, 9.17) is 5.73 Å². The van der Waals surface area contributed by atoms with Gasteiger partial charge in [0, 0.05) is 11.3 Å². The number of rotatable bonds is 1. The van der Waals surface area contributed by atoms with E-state index in [1.807, 2.05) is 41.7 Å². The maximum atomic E-state index is 6.32. The Hall–Kier alpha value is -2.81. The fraction of sp³-hybridized carbons (Fsp3) is 0.0556. The van der Waals surface area contributed by atoms with Gasteiger partial charge in [-0.3, -0.25) is 4.40 Å². The van der Waals surface area contributed by atoms with Crippen molar-refractivity contribution in [3.05, 3.63) is 66.4 Å². The molecule has 0 saturated heterocycles. The zero-order valence-electron chi connectivity index (χ0n) is 11.7. The van der Waals surface area contributed by atoms with E-state index in [0.29, 0.717) is 5.82 Å². The minimum Gasteiger partial charge on any atom is -0.383 e. The highest BCUT2D eigenvalue weighted by atomic mass is 15.1. The van der Waals surface area contributed by atoms with Crippen LogP contribution in [0.25, 0.3) is 27.7 Å². The number of imidazole rings is 1. The smallest absolute Gasteiger partial charge is 0.139 e. The zero-order chi connectivity index (χ0) is 14.4. The quantitative estimate of drug-likeness (QED) is 0.568. The van der Waals surface area contributed by atoms with Gasteiger partial charge in [-0.1, -0.05) is 42.5 Å². The zero-order valence-corrected chi connectivity index (χ0v) is 11.7. The number of nitrogens with zero attached hydrogens (tertiary/aromatic N) is 2. The summed E-state index contributed by atoms with van der Waals surface area (Å²) in [6.45, 7) is 2.04. The van der Waals surface area contributed by atoms with Crippen LogP contribution in [0, 0.1) is 6.92 Å². The monoisotopic (exact) mass is 273 g/mol. The number of anilines is 1. The van der Waals surface area contributed by atoms with E-state index in [1.54, 1.807) is 0 Å². The molecular formula is C18H15N3. The predicted octanol–water partition coefficient (Wildman–Crippen LogP) is 4.05. The molecule has 2 aromatic heterocycles. The summed E-state index contributed by atoms with van der Waals surface area (Å²) in [5.41, 5.74) is 10.2. The molecule has 0 unspecified atom stereocenters. The molecule has 0 saturated carbocycles. The summed E-state index contributed by atoms with van der Waals surface area (Å²) >= 11 is 0. The molecule has 0 fully saturated rings. The first-order valence-corrected chi connectivity index (χ1v) is 6.97. The fourth-order valence-electron chi connectivity index (χ4n) is 2.83. The summed E-state index contributed by atoms with van der Waals surface area (Å²) in [5.74, 6) is 0.693. The second kappa shape index (κ2) is 4.35. The van der Waals surface area contributed by atoms with E-state index in [1.165, 1.54) is 10.8 Å². The van der Waals surface area contributed by atoms with Crippen LogP contribution in [0.15, 0.2) is 60.7 Å². The van der Waals surface area contributed by atoms with Crippen molar-refractivity contribution in [3.8, 4) is 11.3 Å². The molecule has 2 heterocycles. The molecule has 3 nitrogen and oxygen atoms in total. The standard InChI is InChI=1S/C18H15N3/c1-12-5-4-8-16-20-17(18(19)21(12)16)15-10-9-13-6-2-3-7-14(13)11-15/h2-11H,19H2,1H3. The van der Waals surface area contributed by atoms with Crippen molar-refractivity contribution in [2.75, 3.05) is 5.73 Å². The van der Waals surface area contributed by atoms with Crippen molar-refractivity contribution < 1.29 is 0 Å². The molecule has 0 radical (unpaired) electrons. The van der Waals surface area contributed by atoms with Crippen LogP contribution in [0.3, 0.4) is 0 Å². The lowest BCUT2D eigenvalue weighted by Crippen LogP contribution is -1.97. The molecule has 102 valence electrons. The topological polar surface area (TPSA) is 43.3 Å². The molecule has 4 rings (SSSR count). The fourth-order valence-corrected chi connectivity index (χ4v) is 2.83. The largest absolute Gasteiger partial charge is 0.383 e. The number of fused-ring (bicyclic) bond motifs is 2. The Bertz CT molecular complexity index is 967. The van der Waals surface area contributed by atoms with Crippen molar-refractivity contribution in [3.63, 3.8) is 0 Å². The van der Waals surface area contributed by atoms with Crippen molar-refractivity contribution in [1.29, 1.82) is 0 Å². The number of hydrogen-bond acceptors (Lipinski definition) is 2. The van der Waals surface area contributed by atoms with Gasteiger partial charge in [-0.05, 0) is 35.9 Å². The molecule has 0 bridgehead atoms. The van der Waals surface area contributed by atoms with Crippen LogP contribution in [0.2, 0.25) is 0 Å². The predicted molar refractivity (Wildman–Crippen MR) is 87.3 cm³/mol. The highest BCUT2D eigenvalue weighted by molar-refractivity contribution is 5.88. The minimum absolute atomic E-state index is 0.693. The number of nitrogens with two attached hydrogens (primary N) is 1. The molecular weight excluding hydrogens is 258 g/mol. The molecule has 0 aliphatic rings. The highest BCUT2D eigenvalue weighted by Crippen LogP contribution is 2.29. The first kappa shape index (κ1) is 12.0. The number of hydrogen-bond donors (Lipinski definition) is 1. The van der Waals surface area contributed by atoms with Crippen LogP contribution in [0.1, 0.15) is 5.69 Å². The minimum atomic E-state index is 0.693. The van der Waals surface area contributed by atoms with Crippen LogP contribution < -0.4 is 5.73 Å². The van der Waals surface area contributed by atoms with Crippen molar-refractivity contribution in [1.82, 2.24) is 9.38 Å². The van der Waals surface area contributed by atoms with Crippen molar-refractivity contribution in [2.45, 2.75) is 6.92 Å². The number of pyridine rings is 1. The molecule has 2 N–H and O–H groups in total. The van der Waals surface area contributed by atoms with Crippen LogP contribution in [0.5, 0.6) is 0 Å². The summed E-state index contributed by atoms with van der Waals surface area (Å²) in [7, 11) is 0. The lowest BCUT2D eigenvalue weighted by Gasteiger charge is -2.03. The van der Waals surface area contributed by atoms with Crippen LogP contribution in [-0.2, 0) is 0 Å². The van der Waals surface area contributed by atoms with E-state index >= 15 is 0 Å². The molecule has 0 amide bonds. The van der Waals surface area contributed by atoms with E-state index in [2.05, 4.69) is 35.3 Å². The van der Waals surface area contributed by atoms with E-state index < -0.39 is 0 Å². The maximum Gasteiger partial charge on any atom is 0.139 e. The Balaban J connectivity index is 2.00. The SMILES string of the molecule is Cc1cccc2nc(-c3ccc4ccccc4c3)c(N)n12. The summed E-state index contributed by atoms with van der Waals surface area (Å²) in [6, 6.07) is 20.7. The molecule has 3 heteroatoms. The first-order chi connectivity index (χ1) is 10.2. The Morgan fingerprint density at radius 2 is 1.71 bits per heavy atom. The van der Waals surface area contributed by atoms with Gasteiger partial charge < -0.3 is 5.73 Å². The van der Waals surface area contributed by atoms with Crippen molar-refractivity contribution in [2.24, 2.45) is 0 Å². The second-order valence-corrected chi connectivity index (χ2v) is 5.27. The molecule has 0 aliphatic carbocycles. The third-order valence-corrected chi connectivity index (χ3v) is 3.90. The summed E-state index contributed by atoms with van der Waals surface area (Å²) in [4.78, 5) is 4.69. The van der Waals surface area contributed by atoms with Gasteiger partial charge in [0.2, 0.25) is 0 Å². The van der Waals surface area contributed by atoms with Gasteiger partial charge in [-0.15, -0.1) is 0 Å². The van der Waals surface area contributed by atoms with E-state index in [0.717, 1.165) is 22.6 Å². The summed E-state index contributed by atoms with van der Waals surface area (Å²) in [6.07, 6.45) is 0. The lowest BCUT2D eigenvalue weighted by molar-refractivity contribution is 1.10. The van der Waals surface area contributed by atoms with Gasteiger partial charge in [0.15, 0.2) is 0 Å². The van der Waals surface area contributed by atoms with Crippen LogP contribution in [-0.4, -0.2) is 9.38 Å². The molecule has 4 aromatic rings. The second-order valence-electron chi connectivity index (χ2n) is 5.27. The third kappa shape index (κ3) is 1.78. The molecule has 0 spiro atoms. The lowest BCUT2D eigenvalue weighted by atomic mass is 10.1. The highest BCUT2D eigenvalue weighted by Gasteiger charge is 2.12. The summed E-state index contributed by atoms with van der Waals surface area (Å²) in [5, 5.41) is 2.42. The van der Waals surface area contributed by atoms with Crippen LogP contribution in [0.4, 0.5) is 5.82 Å². The van der Waals surface area contributed by atoms with Gasteiger partial charge in [0.25, 0.3) is 0 Å². The Kier molecular flexibility index (Phi) is 2.48. The van der Waals surface area contributed by atoms with E-state index in [-0.39, 0.29) is 0 Å². The first-order valence-electron chi connectivity index (χ1n) is 6.97. The molecule has 2 aromatic carbocycles. The number of benzene rings is 2. The number of nitrogen functional groups attached to an aromatic ring is 1. The number of aromatic nitrogens is 2. The Morgan fingerprint density at radius 1 is 0.905 bits per heavy atom. The Morgan fingerprint density at radius 3 is 2.52 bits per heavy atom. The van der Waals surface area contributed by atoms with Gasteiger partial charge >= 0.3 is 0 Å². The molecule has 0 aliphatic heterocycles. The molecule has 0 atom stereocenters. The normalized spacial score (nSPS) is 11.3. The van der Waals surface area contributed by atoms with Gasteiger partial charge in [-0.2, -0.15) is 0 Å². The van der Waals surface area contributed by atoms with Gasteiger partial charge in [-0.25, -0.2) is 4.98 Å². The average molecular weight is 273 g/mol. The van der Waals surface area contributed by atoms with Crippen molar-refractivity contribution >= 4 is 22.2 Å². The van der Waals surface area contributed by atoms with Gasteiger partial charge in [0.05, 0.1) is 0 Å². The van der Waals surface area contributed by atoms with E-state index in [9.17, 15) is 0 Å². The average Bonchev–Trinajstić information content (AvgIpc) is 2.85. The molecule has 21 heavy (non-hydrogen) atoms. The number of aryl methyl sites for hydroxylation is 1.